The minimum Gasteiger partial charge on any atom is -0.479 e. The first-order valence-electron chi connectivity index (χ1n) is 5.49. The van der Waals surface area contributed by atoms with E-state index in [0.29, 0.717) is 0 Å². The highest BCUT2D eigenvalue weighted by Crippen LogP contribution is 2.39. The van der Waals surface area contributed by atoms with Crippen LogP contribution < -0.4 is 15.8 Å². The predicted molar refractivity (Wildman–Crippen MR) is 66.0 cm³/mol. The van der Waals surface area contributed by atoms with Crippen LogP contribution in [0.4, 0.5) is 4.79 Å². The second-order valence-electron chi connectivity index (χ2n) is 4.34. The molecule has 7 nitrogen and oxygen atoms in total. The summed E-state index contributed by atoms with van der Waals surface area (Å²) in [6.07, 6.45) is 0.930. The number of fused-ring (bicyclic) bond motifs is 1. The lowest BCUT2D eigenvalue weighted by molar-refractivity contribution is -0.147. The lowest BCUT2D eigenvalue weighted by Gasteiger charge is -2.37. The number of urea groups is 1. The summed E-state index contributed by atoms with van der Waals surface area (Å²) in [6.45, 7) is 1.68. The molecule has 0 saturated carbocycles. The molecule has 0 aromatic carbocycles. The van der Waals surface area contributed by atoms with E-state index < -0.39 is 23.6 Å². The zero-order chi connectivity index (χ0) is 14.2. The Balaban J connectivity index is 2.63. The Morgan fingerprint density at radius 1 is 1.68 bits per heavy atom. The van der Waals surface area contributed by atoms with Crippen LogP contribution in [-0.4, -0.2) is 28.2 Å². The summed E-state index contributed by atoms with van der Waals surface area (Å²) in [5.41, 5.74) is 3.58. The van der Waals surface area contributed by atoms with Crippen LogP contribution in [-0.2, 0) is 10.3 Å². The number of hydrogen-bond acceptors (Lipinski definition) is 4. The molecule has 8 heteroatoms. The van der Waals surface area contributed by atoms with E-state index in [1.165, 1.54) is 12.3 Å². The molecule has 19 heavy (non-hydrogen) atoms. The predicted octanol–water partition coefficient (Wildman–Crippen LogP) is 0.854. The Kier molecular flexibility index (Phi) is 3.23. The van der Waals surface area contributed by atoms with Gasteiger partial charge in [-0.15, -0.1) is 0 Å². The number of rotatable bonds is 2. The van der Waals surface area contributed by atoms with Crippen molar-refractivity contribution in [3.8, 4) is 5.88 Å². The van der Waals surface area contributed by atoms with E-state index in [1.54, 1.807) is 6.92 Å². The van der Waals surface area contributed by atoms with Gasteiger partial charge in [0.25, 0.3) is 0 Å². The zero-order valence-corrected chi connectivity index (χ0v) is 10.8. The Bertz CT molecular complexity index is 551. The van der Waals surface area contributed by atoms with Crippen molar-refractivity contribution in [1.29, 1.82) is 0 Å². The van der Waals surface area contributed by atoms with Gasteiger partial charge < -0.3 is 20.9 Å². The van der Waals surface area contributed by atoms with E-state index in [1.807, 2.05) is 0 Å². The number of carboxylic acid groups (broad SMARTS) is 1. The number of hydrogen-bond donors (Lipinski definition) is 3. The molecule has 1 aliphatic heterocycles. The van der Waals surface area contributed by atoms with Crippen molar-refractivity contribution in [2.45, 2.75) is 25.0 Å². The molecule has 0 unspecified atom stereocenters. The number of amides is 2. The van der Waals surface area contributed by atoms with Gasteiger partial charge in [0.05, 0.1) is 10.6 Å². The van der Waals surface area contributed by atoms with Crippen LogP contribution in [0.25, 0.3) is 0 Å². The monoisotopic (exact) mass is 285 g/mol. The summed E-state index contributed by atoms with van der Waals surface area (Å²) in [4.78, 5) is 26.7. The van der Waals surface area contributed by atoms with Gasteiger partial charge in [-0.25, -0.2) is 14.6 Å². The van der Waals surface area contributed by atoms with Crippen LogP contribution in [0.3, 0.4) is 0 Å². The van der Waals surface area contributed by atoms with Gasteiger partial charge in [-0.3, -0.25) is 0 Å². The maximum absolute atomic E-state index is 11.6. The third-order valence-corrected chi connectivity index (χ3v) is 3.09. The van der Waals surface area contributed by atoms with Crippen LogP contribution in [0.5, 0.6) is 5.88 Å². The fourth-order valence-corrected chi connectivity index (χ4v) is 2.34. The molecule has 2 atom stereocenters. The molecule has 0 fully saturated rings. The average molecular weight is 286 g/mol. The third-order valence-electron chi connectivity index (χ3n) is 2.89. The lowest BCUT2D eigenvalue weighted by Crippen LogP contribution is -2.57. The van der Waals surface area contributed by atoms with Crippen LogP contribution in [0.2, 0.25) is 5.02 Å². The molecule has 1 aromatic rings. The molecule has 1 aliphatic rings. The first kappa shape index (κ1) is 13.4. The normalized spacial score (nSPS) is 25.1. The van der Waals surface area contributed by atoms with E-state index in [-0.39, 0.29) is 22.9 Å². The third kappa shape index (κ3) is 2.28. The fourth-order valence-electron chi connectivity index (χ4n) is 2.18. The van der Waals surface area contributed by atoms with Gasteiger partial charge in [-0.1, -0.05) is 11.6 Å². The summed E-state index contributed by atoms with van der Waals surface area (Å²) in [5.74, 6) is -1.12. The minimum atomic E-state index is -1.68. The average Bonchev–Trinajstić information content (AvgIpc) is 2.28. The smallest absolute Gasteiger partial charge is 0.334 e. The highest BCUT2D eigenvalue weighted by molar-refractivity contribution is 6.30. The fraction of sp³-hybridized carbons (Fsp3) is 0.364. The quantitative estimate of drug-likeness (QED) is 0.745. The maximum Gasteiger partial charge on any atom is 0.334 e. The van der Waals surface area contributed by atoms with Crippen LogP contribution in [0, 0.1) is 0 Å². The number of nitrogens with zero attached hydrogens (tertiary/aromatic N) is 1. The SMILES string of the molecule is C[C@@H]1C[C@@](NC(N)=O)(C(=O)O)c2cc(Cl)cnc2O1. The van der Waals surface area contributed by atoms with E-state index in [2.05, 4.69) is 10.3 Å². The van der Waals surface area contributed by atoms with Crippen LogP contribution in [0.15, 0.2) is 12.3 Å². The number of nitrogens with two attached hydrogens (primary N) is 1. The van der Waals surface area contributed by atoms with Gasteiger partial charge in [0.2, 0.25) is 5.88 Å². The zero-order valence-electron chi connectivity index (χ0n) is 10.0. The van der Waals surface area contributed by atoms with Crippen LogP contribution >= 0.6 is 11.6 Å². The number of halogens is 1. The van der Waals surface area contributed by atoms with Gasteiger partial charge in [0.15, 0.2) is 5.54 Å². The van der Waals surface area contributed by atoms with Crippen molar-refractivity contribution < 1.29 is 19.4 Å². The number of nitrogens with one attached hydrogen (secondary N) is 1. The van der Waals surface area contributed by atoms with E-state index in [4.69, 9.17) is 22.1 Å². The highest BCUT2D eigenvalue weighted by atomic mass is 35.5. The van der Waals surface area contributed by atoms with E-state index in [9.17, 15) is 14.7 Å². The van der Waals surface area contributed by atoms with Crippen molar-refractivity contribution in [3.05, 3.63) is 22.8 Å². The molecule has 0 bridgehead atoms. The van der Waals surface area contributed by atoms with Crippen LogP contribution in [0.1, 0.15) is 18.9 Å². The first-order valence-corrected chi connectivity index (χ1v) is 5.86. The number of carbonyl (C=O) groups is 2. The molecule has 2 amide bonds. The summed E-state index contributed by atoms with van der Waals surface area (Å²) in [6, 6.07) is 0.460. The van der Waals surface area contributed by atoms with Gasteiger partial charge in [-0.2, -0.15) is 0 Å². The standard InChI is InChI=1S/C11H12ClN3O4/c1-5-3-11(9(16)17,15-10(13)18)7-2-6(12)4-14-8(7)19-5/h2,4-5H,3H2,1H3,(H,16,17)(H3,13,15,18)/t5-,11+/m1/s1. The molecule has 0 saturated heterocycles. The Morgan fingerprint density at radius 2 is 2.37 bits per heavy atom. The number of primary amides is 1. The molecule has 0 aliphatic carbocycles. The van der Waals surface area contributed by atoms with Gasteiger partial charge in [0.1, 0.15) is 6.10 Å². The summed E-state index contributed by atoms with van der Waals surface area (Å²) in [7, 11) is 0. The summed E-state index contributed by atoms with van der Waals surface area (Å²) in [5, 5.41) is 12.0. The van der Waals surface area contributed by atoms with Gasteiger partial charge in [0, 0.05) is 12.6 Å². The summed E-state index contributed by atoms with van der Waals surface area (Å²) < 4.78 is 5.45. The lowest BCUT2D eigenvalue weighted by atomic mass is 9.83. The second kappa shape index (κ2) is 4.58. The molecule has 0 radical (unpaired) electrons. The molecule has 2 heterocycles. The number of carboxylic acids is 1. The number of pyridine rings is 1. The number of ether oxygens (including phenoxy) is 1. The molecular formula is C11H12ClN3O4. The highest BCUT2D eigenvalue weighted by Gasteiger charge is 2.49. The van der Waals surface area contributed by atoms with Crippen molar-refractivity contribution in [1.82, 2.24) is 10.3 Å². The maximum atomic E-state index is 11.6. The molecule has 0 spiro atoms. The Hall–Kier alpha value is -2.02. The van der Waals surface area contributed by atoms with Crippen molar-refractivity contribution in [3.63, 3.8) is 0 Å². The van der Waals surface area contributed by atoms with Gasteiger partial charge >= 0.3 is 12.0 Å². The van der Waals surface area contributed by atoms with Crippen molar-refractivity contribution in [2.24, 2.45) is 5.73 Å². The minimum absolute atomic E-state index is 0.0281. The molecule has 102 valence electrons. The molecule has 4 N–H and O–H groups in total. The van der Waals surface area contributed by atoms with Gasteiger partial charge in [-0.05, 0) is 13.0 Å². The number of carbonyl (C=O) groups excluding carboxylic acids is 1. The number of aromatic nitrogens is 1. The van der Waals surface area contributed by atoms with Crippen molar-refractivity contribution >= 4 is 23.6 Å². The van der Waals surface area contributed by atoms with E-state index >= 15 is 0 Å². The molecule has 2 rings (SSSR count). The summed E-state index contributed by atoms with van der Waals surface area (Å²) >= 11 is 5.83. The van der Waals surface area contributed by atoms with Crippen molar-refractivity contribution in [2.75, 3.05) is 0 Å². The molecule has 1 aromatic heterocycles. The first-order chi connectivity index (χ1) is 8.85. The topological polar surface area (TPSA) is 115 Å². The van der Waals surface area contributed by atoms with E-state index in [0.717, 1.165) is 0 Å². The Morgan fingerprint density at radius 3 is 2.95 bits per heavy atom. The second-order valence-corrected chi connectivity index (χ2v) is 4.78. The number of aliphatic carboxylic acids is 1. The Labute approximate surface area is 113 Å². The molecular weight excluding hydrogens is 274 g/mol. The largest absolute Gasteiger partial charge is 0.479 e.